The van der Waals surface area contributed by atoms with Gasteiger partial charge >= 0.3 is 0 Å². The lowest BCUT2D eigenvalue weighted by atomic mass is 9.78. The van der Waals surface area contributed by atoms with Crippen molar-refractivity contribution in [2.75, 3.05) is 111 Å². The molecule has 120 heavy (non-hydrogen) atoms. The second-order valence-corrected chi connectivity index (χ2v) is 35.1. The number of alkyl halides is 8. The minimum absolute atomic E-state index is 0.0549. The van der Waals surface area contributed by atoms with Crippen LogP contribution in [-0.4, -0.2) is 223 Å². The molecule has 3 N–H and O–H groups in total. The molecule has 3 spiro atoms. The summed E-state index contributed by atoms with van der Waals surface area (Å²) in [7, 11) is -6.39. The number of sulfonamides is 2. The van der Waals surface area contributed by atoms with Crippen molar-refractivity contribution in [1.82, 2.24) is 113 Å². The molecule has 0 bridgehead atoms. The van der Waals surface area contributed by atoms with Gasteiger partial charge < -0.3 is 30.2 Å². The number of nitrogens with one attached hydrogen (secondary N) is 3. The van der Waals surface area contributed by atoms with Gasteiger partial charge in [0.2, 0.25) is 31.9 Å². The number of aromatic nitrogens is 19. The lowest BCUT2D eigenvalue weighted by Gasteiger charge is -2.48. The Labute approximate surface area is 681 Å². The van der Waals surface area contributed by atoms with Crippen LogP contribution in [0.3, 0.4) is 0 Å². The highest BCUT2D eigenvalue weighted by atomic mass is 32.2. The van der Waals surface area contributed by atoms with Crippen LogP contribution in [0.15, 0.2) is 123 Å². The van der Waals surface area contributed by atoms with E-state index in [2.05, 4.69) is 110 Å². The van der Waals surface area contributed by atoms with Gasteiger partial charge in [0.15, 0.2) is 22.6 Å². The van der Waals surface area contributed by atoms with Crippen molar-refractivity contribution in [3.8, 4) is 45.6 Å². The van der Waals surface area contributed by atoms with E-state index < -0.39 is 45.7 Å². The normalized spacial score (nSPS) is 19.4. The molecule has 7 aliphatic rings. The fraction of sp³-hybridized carbons (Fsp3) is 0.442. The van der Waals surface area contributed by atoms with Crippen molar-refractivity contribution in [2.45, 2.75) is 109 Å². The number of β-lactam (4-membered cyclic amide) rings is 1. The number of aryl methyl sites for hydroxylation is 1. The van der Waals surface area contributed by atoms with Crippen molar-refractivity contribution in [2.24, 2.45) is 16.7 Å². The highest BCUT2D eigenvalue weighted by Gasteiger charge is 2.47. The fourth-order valence-electron chi connectivity index (χ4n) is 16.7. The van der Waals surface area contributed by atoms with Crippen LogP contribution in [0.4, 0.5) is 58.3 Å². The molecule has 0 radical (unpaired) electrons. The van der Waals surface area contributed by atoms with Crippen molar-refractivity contribution in [1.29, 1.82) is 0 Å². The van der Waals surface area contributed by atoms with Gasteiger partial charge in [0, 0.05) is 115 Å². The summed E-state index contributed by atoms with van der Waals surface area (Å²) in [5.74, 6) is 2.63. The number of imidazole rings is 4. The smallest absolute Gasteiger partial charge is 0.282 e. The van der Waals surface area contributed by atoms with Crippen LogP contribution >= 0.6 is 0 Å². The highest BCUT2D eigenvalue weighted by molar-refractivity contribution is 7.88. The van der Waals surface area contributed by atoms with Gasteiger partial charge in [0.25, 0.3) is 25.7 Å². The third kappa shape index (κ3) is 17.5. The number of piperidine rings is 4. The van der Waals surface area contributed by atoms with Gasteiger partial charge in [0.05, 0.1) is 71.0 Å². The zero-order valence-corrected chi connectivity index (χ0v) is 66.9. The summed E-state index contributed by atoms with van der Waals surface area (Å²) >= 11 is 0. The molecular weight excluding hydrogens is 1620 g/mol. The van der Waals surface area contributed by atoms with Crippen LogP contribution in [0.1, 0.15) is 125 Å². The summed E-state index contributed by atoms with van der Waals surface area (Å²) in [5, 5.41) is 22.0. The van der Waals surface area contributed by atoms with Crippen molar-refractivity contribution in [3.63, 3.8) is 0 Å². The number of rotatable bonds is 16. The lowest BCUT2D eigenvalue weighted by molar-refractivity contribution is -0.133. The van der Waals surface area contributed by atoms with E-state index in [-0.39, 0.29) is 56.9 Å². The minimum atomic E-state index is -3.23. The Hall–Kier alpha value is -11.7. The predicted molar refractivity (Wildman–Crippen MR) is 424 cm³/mol. The average Bonchev–Trinajstić information content (AvgIpc) is 1.63. The first-order valence-electron chi connectivity index (χ1n) is 39.0. The molecule has 19 rings (SSSR count). The fourth-order valence-corrected chi connectivity index (χ4v) is 18.1. The summed E-state index contributed by atoms with van der Waals surface area (Å²) in [6.45, 7) is 10.3. The number of hydrogen-bond acceptors (Lipinski definition) is 25. The van der Waals surface area contributed by atoms with E-state index in [9.17, 15) is 61.5 Å². The molecule has 43 heteroatoms. The molecule has 2 amide bonds. The molecule has 7 aliphatic heterocycles. The number of hydrogen-bond donors (Lipinski definition) is 3. The molecule has 2 atom stereocenters. The van der Waals surface area contributed by atoms with Crippen LogP contribution in [-0.2, 0) is 29.6 Å². The van der Waals surface area contributed by atoms with Gasteiger partial charge in [-0.3, -0.25) is 14.6 Å². The predicted octanol–water partition coefficient (Wildman–Crippen LogP) is 9.39. The summed E-state index contributed by atoms with van der Waals surface area (Å²) in [6, 6.07) is 18.5. The molecule has 630 valence electrons. The number of carbonyl (C=O) groups is 2. The zero-order valence-electron chi connectivity index (χ0n) is 65.2. The number of pyridine rings is 1. The molecule has 12 aromatic heterocycles. The molecule has 7 fully saturated rings. The number of anilines is 4. The zero-order chi connectivity index (χ0) is 84.0. The van der Waals surface area contributed by atoms with E-state index in [4.69, 9.17) is 0 Å². The van der Waals surface area contributed by atoms with E-state index in [0.29, 0.717) is 120 Å². The van der Waals surface area contributed by atoms with Crippen molar-refractivity contribution in [3.05, 3.63) is 151 Å². The molecule has 19 heterocycles. The topological polar surface area (TPSA) is 366 Å². The standard InChI is InChI=1S/C20H23F2N7O2S.C20H24F2N6O2S.C19H19F2N7O.C18H17F2N7O/c1-32(30,31)28-8-5-20(6-9-28)4-7-27(12-20)18-10-15(24-13-25-18)16-11-23-17-3-2-14(19(21)22)26-29(16)17;1-13-9-23-16(18-11-24-19-6-5-15(20(21)22)26-28(18)19)8-17(13)27-7-3-4-14(12-27)10-25-31(2,29)30;20-17(21)12-2-3-15-23-9-14(28(15)26-12)13-8-16(25-11-24-13)27-7-1-4-19(10-27)5-6-22-18(19)29;19-17(20)11-1-2-14-21-9-13(27(14)25-11)12-7-15(23-10-22-12)26-5-3-18(4-6-26)8-16(28)24-18/h2-3,10-11,13,19H,4-9,12H2,1H3;5-6,8-9,11,14,20,25H,3-4,7,10,12H2,1-2H3;2-3,8-9,11,17H,1,4-7,10H2,(H,22,29);1-2,7,9-10,17H,3-6,8H2,(H,24,28). The van der Waals surface area contributed by atoms with Gasteiger partial charge in [0.1, 0.15) is 82.0 Å². The molecule has 7 saturated heterocycles. The Morgan fingerprint density at radius 3 is 1.32 bits per heavy atom. The van der Waals surface area contributed by atoms with Gasteiger partial charge in [-0.05, 0) is 143 Å². The van der Waals surface area contributed by atoms with Gasteiger partial charge in [-0.25, -0.2) is 129 Å². The summed E-state index contributed by atoms with van der Waals surface area (Å²) in [4.78, 5) is 79.8. The number of carbonyl (C=O) groups excluding carboxylic acids is 2. The van der Waals surface area contributed by atoms with Crippen LogP contribution in [0.5, 0.6) is 0 Å². The number of nitrogens with zero attached hydrogens (tertiary/aromatic N) is 24. The summed E-state index contributed by atoms with van der Waals surface area (Å²) in [6.07, 6.45) is 13.6. The van der Waals surface area contributed by atoms with Crippen LogP contribution < -0.4 is 35.0 Å². The molecule has 0 saturated carbocycles. The monoisotopic (exact) mass is 1700 g/mol. The average molecular weight is 1700 g/mol. The molecule has 0 aromatic carbocycles. The second kappa shape index (κ2) is 33.5. The van der Waals surface area contributed by atoms with Crippen LogP contribution in [0.2, 0.25) is 0 Å². The van der Waals surface area contributed by atoms with Crippen molar-refractivity contribution >= 4 is 77.6 Å². The van der Waals surface area contributed by atoms with Crippen LogP contribution in [0.25, 0.3) is 68.1 Å². The van der Waals surface area contributed by atoms with E-state index >= 15 is 0 Å². The third-order valence-electron chi connectivity index (χ3n) is 23.2. The lowest BCUT2D eigenvalue weighted by Crippen LogP contribution is -2.65. The molecule has 33 nitrogen and oxygen atoms in total. The van der Waals surface area contributed by atoms with E-state index in [1.54, 1.807) is 41.4 Å². The van der Waals surface area contributed by atoms with Crippen molar-refractivity contribution < 1.29 is 61.5 Å². The quantitative estimate of drug-likeness (QED) is 0.0598. The molecule has 12 aromatic rings. The Morgan fingerprint density at radius 2 is 0.900 bits per heavy atom. The van der Waals surface area contributed by atoms with Crippen LogP contribution in [0, 0.1) is 23.7 Å². The molecule has 2 unspecified atom stereocenters. The summed E-state index contributed by atoms with van der Waals surface area (Å²) < 4.78 is 161. The van der Waals surface area contributed by atoms with Gasteiger partial charge in [-0.1, -0.05) is 0 Å². The van der Waals surface area contributed by atoms with E-state index in [1.807, 2.05) is 25.1 Å². The Balaban J connectivity index is 0.000000119. The van der Waals surface area contributed by atoms with E-state index in [0.717, 1.165) is 133 Å². The number of amides is 2. The third-order valence-corrected chi connectivity index (χ3v) is 25.2. The maximum Gasteiger partial charge on any atom is 0.282 e. The summed E-state index contributed by atoms with van der Waals surface area (Å²) in [5.41, 5.74) is 6.52. The molecular formula is C77H83F8N27O6S2. The first-order valence-corrected chi connectivity index (χ1v) is 42.7. The largest absolute Gasteiger partial charge is 0.371 e. The Morgan fingerprint density at radius 1 is 0.475 bits per heavy atom. The Kier molecular flexibility index (Phi) is 22.9. The first-order chi connectivity index (χ1) is 57.5. The van der Waals surface area contributed by atoms with Gasteiger partial charge in [-0.15, -0.1) is 0 Å². The number of halogens is 8. The molecule has 0 aliphatic carbocycles. The minimum Gasteiger partial charge on any atom is -0.371 e. The number of fused-ring (bicyclic) bond motifs is 4. The van der Waals surface area contributed by atoms with Gasteiger partial charge in [-0.2, -0.15) is 20.4 Å². The maximum atomic E-state index is 13.1. The Bertz CT molecular complexity index is 6040. The first kappa shape index (κ1) is 82.0. The maximum absolute atomic E-state index is 13.1. The second-order valence-electron chi connectivity index (χ2n) is 31.2. The van der Waals surface area contributed by atoms with E-state index in [1.165, 1.54) is 91.8 Å². The highest BCUT2D eigenvalue weighted by Crippen LogP contribution is 2.44. The SMILES string of the molecule is CS(=O)(=O)N1CCC2(CCN(c3cc(-c4cnc5ccc(C(F)F)nn45)ncn3)C2)CC1.Cc1cnc(-c2cnc3ccc(C(F)F)nn23)cc1N1CCCC(CNS(C)(=O)=O)C1.O=C1CC2(CCN(c3cc(-c4cnc5ccc(C(F)F)nn45)ncn3)CC2)N1.O=C1NCCC12CCCN(c1cc(-c3cnc4ccc(C(F)F)nn34)ncn1)C2.